The van der Waals surface area contributed by atoms with Gasteiger partial charge in [-0.15, -0.1) is 0 Å². The van der Waals surface area contributed by atoms with Gasteiger partial charge in [-0.3, -0.25) is 14.5 Å². The van der Waals surface area contributed by atoms with E-state index in [1.54, 1.807) is 25.3 Å². The second-order valence-corrected chi connectivity index (χ2v) is 7.31. The van der Waals surface area contributed by atoms with Crippen molar-refractivity contribution in [2.75, 3.05) is 40.9 Å². The number of hydrogen-bond donors (Lipinski definition) is 1. The van der Waals surface area contributed by atoms with Crippen LogP contribution in [0.1, 0.15) is 29.6 Å². The number of para-hydroxylation sites is 1. The molecule has 142 valence electrons. The number of ether oxygens (including phenoxy) is 2. The maximum Gasteiger partial charge on any atom is 0.320 e. The Morgan fingerprint density at radius 1 is 1.19 bits per heavy atom. The van der Waals surface area contributed by atoms with Crippen molar-refractivity contribution in [1.29, 1.82) is 0 Å². The van der Waals surface area contributed by atoms with Gasteiger partial charge in [-0.05, 0) is 43.9 Å². The SMILES string of the molecule is COc1cccc(C(=O)N2CCC3(CC2)CC(C(=O)O)N(C)C3)c1OC. The number of carboxylic acids is 1. The van der Waals surface area contributed by atoms with Crippen LogP contribution in [0.3, 0.4) is 0 Å². The molecule has 1 unspecified atom stereocenters. The standard InChI is InChI=1S/C19H26N2O5/c1-20-12-19(11-14(20)18(23)24)7-9-21(10-8-19)17(22)13-5-4-6-15(25-2)16(13)26-3/h4-6,14H,7-12H2,1-3H3,(H,23,24). The van der Waals surface area contributed by atoms with Crippen molar-refractivity contribution in [1.82, 2.24) is 9.80 Å². The Morgan fingerprint density at radius 3 is 2.42 bits per heavy atom. The van der Waals surface area contributed by atoms with Crippen LogP contribution in [0.4, 0.5) is 0 Å². The summed E-state index contributed by atoms with van der Waals surface area (Å²) in [7, 11) is 4.94. The van der Waals surface area contributed by atoms with Crippen LogP contribution >= 0.6 is 0 Å². The van der Waals surface area contributed by atoms with Gasteiger partial charge in [0.15, 0.2) is 11.5 Å². The van der Waals surface area contributed by atoms with Crippen LogP contribution in [0.15, 0.2) is 18.2 Å². The number of amides is 1. The molecular weight excluding hydrogens is 336 g/mol. The number of hydrogen-bond acceptors (Lipinski definition) is 5. The van der Waals surface area contributed by atoms with E-state index < -0.39 is 12.0 Å². The van der Waals surface area contributed by atoms with Crippen LogP contribution < -0.4 is 9.47 Å². The fraction of sp³-hybridized carbons (Fsp3) is 0.579. The van der Waals surface area contributed by atoms with E-state index in [1.807, 2.05) is 16.8 Å². The zero-order valence-electron chi connectivity index (χ0n) is 15.5. The monoisotopic (exact) mass is 362 g/mol. The molecule has 1 atom stereocenters. The number of piperidine rings is 1. The quantitative estimate of drug-likeness (QED) is 0.879. The van der Waals surface area contributed by atoms with E-state index >= 15 is 0 Å². The summed E-state index contributed by atoms with van der Waals surface area (Å²) < 4.78 is 10.7. The van der Waals surface area contributed by atoms with Gasteiger partial charge >= 0.3 is 5.97 Å². The molecule has 1 aromatic carbocycles. The van der Waals surface area contributed by atoms with Crippen molar-refractivity contribution in [3.05, 3.63) is 23.8 Å². The molecule has 0 saturated carbocycles. The van der Waals surface area contributed by atoms with E-state index in [-0.39, 0.29) is 11.3 Å². The van der Waals surface area contributed by atoms with Crippen LogP contribution in [-0.4, -0.2) is 73.7 Å². The van der Waals surface area contributed by atoms with Gasteiger partial charge in [-0.25, -0.2) is 0 Å². The molecule has 1 aromatic rings. The van der Waals surface area contributed by atoms with Crippen molar-refractivity contribution in [2.24, 2.45) is 5.41 Å². The molecular formula is C19H26N2O5. The number of benzene rings is 1. The Kier molecular flexibility index (Phi) is 5.09. The van der Waals surface area contributed by atoms with E-state index in [9.17, 15) is 14.7 Å². The zero-order valence-corrected chi connectivity index (χ0v) is 15.5. The van der Waals surface area contributed by atoms with Crippen molar-refractivity contribution in [3.63, 3.8) is 0 Å². The van der Waals surface area contributed by atoms with E-state index in [4.69, 9.17) is 9.47 Å². The Bertz CT molecular complexity index is 697. The van der Waals surface area contributed by atoms with Crippen molar-refractivity contribution in [3.8, 4) is 11.5 Å². The van der Waals surface area contributed by atoms with Gasteiger partial charge < -0.3 is 19.5 Å². The first-order valence-corrected chi connectivity index (χ1v) is 8.84. The van der Waals surface area contributed by atoms with Crippen LogP contribution in [0.25, 0.3) is 0 Å². The molecule has 26 heavy (non-hydrogen) atoms. The number of carbonyl (C=O) groups excluding carboxylic acids is 1. The molecule has 2 heterocycles. The van der Waals surface area contributed by atoms with Crippen molar-refractivity contribution >= 4 is 11.9 Å². The molecule has 2 fully saturated rings. The lowest BCUT2D eigenvalue weighted by Gasteiger charge is -2.39. The molecule has 1 spiro atoms. The molecule has 0 aliphatic carbocycles. The Morgan fingerprint density at radius 2 is 1.88 bits per heavy atom. The number of methoxy groups -OCH3 is 2. The van der Waals surface area contributed by atoms with Gasteiger partial charge in [0.05, 0.1) is 19.8 Å². The van der Waals surface area contributed by atoms with E-state index in [2.05, 4.69) is 0 Å². The fourth-order valence-electron chi connectivity index (χ4n) is 4.32. The minimum absolute atomic E-state index is 0.00689. The van der Waals surface area contributed by atoms with Gasteiger partial charge in [-0.2, -0.15) is 0 Å². The Hall–Kier alpha value is -2.28. The van der Waals surface area contributed by atoms with Gasteiger partial charge in [0.2, 0.25) is 0 Å². The lowest BCUT2D eigenvalue weighted by Crippen LogP contribution is -2.44. The third kappa shape index (κ3) is 3.23. The molecule has 2 aliphatic heterocycles. The maximum atomic E-state index is 13.0. The van der Waals surface area contributed by atoms with E-state index in [0.29, 0.717) is 36.6 Å². The number of nitrogens with zero attached hydrogens (tertiary/aromatic N) is 2. The Balaban J connectivity index is 1.71. The first kappa shape index (κ1) is 18.5. The molecule has 1 N–H and O–H groups in total. The number of carboxylic acid groups (broad SMARTS) is 1. The molecule has 3 rings (SSSR count). The molecule has 0 aromatic heterocycles. The highest BCUT2D eigenvalue weighted by atomic mass is 16.5. The smallest absolute Gasteiger partial charge is 0.320 e. The largest absolute Gasteiger partial charge is 0.493 e. The fourth-order valence-corrected chi connectivity index (χ4v) is 4.32. The number of likely N-dealkylation sites (N-methyl/N-ethyl adjacent to an activating group) is 1. The van der Waals surface area contributed by atoms with Crippen LogP contribution in [-0.2, 0) is 4.79 Å². The first-order valence-electron chi connectivity index (χ1n) is 8.84. The number of aliphatic carboxylic acids is 1. The normalized spacial score (nSPS) is 22.4. The average Bonchev–Trinajstić information content (AvgIpc) is 2.97. The molecule has 2 saturated heterocycles. The summed E-state index contributed by atoms with van der Waals surface area (Å²) in [4.78, 5) is 28.1. The third-order valence-electron chi connectivity index (χ3n) is 5.77. The Labute approximate surface area is 153 Å². The predicted octanol–water partition coefficient (Wildman–Crippen LogP) is 1.71. The van der Waals surface area contributed by atoms with Crippen molar-refractivity contribution in [2.45, 2.75) is 25.3 Å². The van der Waals surface area contributed by atoms with E-state index in [0.717, 1.165) is 19.4 Å². The highest BCUT2D eigenvalue weighted by Crippen LogP contribution is 2.43. The minimum Gasteiger partial charge on any atom is -0.493 e. The highest BCUT2D eigenvalue weighted by Gasteiger charge is 2.47. The summed E-state index contributed by atoms with van der Waals surface area (Å²) in [6.45, 7) is 2.02. The molecule has 0 radical (unpaired) electrons. The predicted molar refractivity (Wildman–Crippen MR) is 95.8 cm³/mol. The minimum atomic E-state index is -0.760. The molecule has 2 aliphatic rings. The third-order valence-corrected chi connectivity index (χ3v) is 5.77. The summed E-state index contributed by atoms with van der Waals surface area (Å²) in [5.41, 5.74) is 0.488. The van der Waals surface area contributed by atoms with Gasteiger partial charge in [0.1, 0.15) is 6.04 Å². The summed E-state index contributed by atoms with van der Waals surface area (Å²) in [6, 6.07) is 4.87. The number of carbonyl (C=O) groups is 2. The summed E-state index contributed by atoms with van der Waals surface area (Å²) in [5.74, 6) is 0.154. The second-order valence-electron chi connectivity index (χ2n) is 7.31. The van der Waals surface area contributed by atoms with E-state index in [1.165, 1.54) is 7.11 Å². The second kappa shape index (κ2) is 7.15. The molecule has 0 bridgehead atoms. The molecule has 1 amide bonds. The average molecular weight is 362 g/mol. The lowest BCUT2D eigenvalue weighted by atomic mass is 9.76. The summed E-state index contributed by atoms with van der Waals surface area (Å²) >= 11 is 0. The first-order chi connectivity index (χ1) is 12.4. The van der Waals surface area contributed by atoms with Gasteiger partial charge in [0, 0.05) is 19.6 Å². The molecule has 7 nitrogen and oxygen atoms in total. The van der Waals surface area contributed by atoms with Gasteiger partial charge in [0.25, 0.3) is 5.91 Å². The molecule has 7 heteroatoms. The number of rotatable bonds is 4. The summed E-state index contributed by atoms with van der Waals surface area (Å²) in [5, 5.41) is 9.36. The van der Waals surface area contributed by atoms with Crippen LogP contribution in [0.2, 0.25) is 0 Å². The van der Waals surface area contributed by atoms with Crippen LogP contribution in [0.5, 0.6) is 11.5 Å². The van der Waals surface area contributed by atoms with Crippen LogP contribution in [0, 0.1) is 5.41 Å². The zero-order chi connectivity index (χ0) is 18.9. The van der Waals surface area contributed by atoms with Crippen molar-refractivity contribution < 1.29 is 24.2 Å². The maximum absolute atomic E-state index is 13.0. The number of likely N-dealkylation sites (tertiary alicyclic amines) is 2. The highest BCUT2D eigenvalue weighted by molar-refractivity contribution is 5.98. The summed E-state index contributed by atoms with van der Waals surface area (Å²) in [6.07, 6.45) is 2.29. The topological polar surface area (TPSA) is 79.3 Å². The lowest BCUT2D eigenvalue weighted by molar-refractivity contribution is -0.141. The van der Waals surface area contributed by atoms with Gasteiger partial charge in [-0.1, -0.05) is 6.07 Å².